The number of nitrogens with one attached hydrogen (secondary N) is 1. The summed E-state index contributed by atoms with van der Waals surface area (Å²) in [5, 5.41) is 3.66. The van der Waals surface area contributed by atoms with E-state index in [0.717, 1.165) is 31.8 Å². The molecule has 0 saturated heterocycles. The van der Waals surface area contributed by atoms with Gasteiger partial charge in [0, 0.05) is 12.1 Å². The van der Waals surface area contributed by atoms with Crippen molar-refractivity contribution >= 4 is 0 Å². The first-order valence-corrected chi connectivity index (χ1v) is 6.13. The molecule has 0 rings (SSSR count). The maximum atomic E-state index is 5.84. The Morgan fingerprint density at radius 1 is 1.07 bits per heavy atom. The summed E-state index contributed by atoms with van der Waals surface area (Å²) >= 11 is 0. The van der Waals surface area contributed by atoms with Crippen LogP contribution in [0.5, 0.6) is 0 Å². The van der Waals surface area contributed by atoms with Gasteiger partial charge in [-0.2, -0.15) is 0 Å². The fraction of sp³-hybridized carbons (Fsp3) is 1.00. The molecule has 0 heterocycles. The van der Waals surface area contributed by atoms with Gasteiger partial charge in [0.05, 0.1) is 0 Å². The molecule has 3 N–H and O–H groups in total. The minimum Gasteiger partial charge on any atom is -0.329 e. The lowest BCUT2D eigenvalue weighted by atomic mass is 9.91. The minimum atomic E-state index is 0.183. The largest absolute Gasteiger partial charge is 0.329 e. The molecule has 0 aromatic carbocycles. The van der Waals surface area contributed by atoms with Gasteiger partial charge < -0.3 is 11.1 Å². The minimum absolute atomic E-state index is 0.183. The molecule has 0 saturated carbocycles. The third-order valence-electron chi connectivity index (χ3n) is 3.66. The molecule has 0 aromatic rings. The normalized spacial score (nSPS) is 12.4. The van der Waals surface area contributed by atoms with Gasteiger partial charge in [0.15, 0.2) is 0 Å². The zero-order valence-corrected chi connectivity index (χ0v) is 10.4. The van der Waals surface area contributed by atoms with Crippen molar-refractivity contribution in [2.75, 3.05) is 13.1 Å². The lowest BCUT2D eigenvalue weighted by Gasteiger charge is -2.33. The summed E-state index contributed by atoms with van der Waals surface area (Å²) in [6.07, 6.45) is 4.77. The molecule has 14 heavy (non-hydrogen) atoms. The van der Waals surface area contributed by atoms with Crippen molar-refractivity contribution in [3.8, 4) is 0 Å². The van der Waals surface area contributed by atoms with E-state index in [2.05, 4.69) is 33.0 Å². The predicted molar refractivity (Wildman–Crippen MR) is 64.4 cm³/mol. The summed E-state index contributed by atoms with van der Waals surface area (Å²) in [5.74, 6) is 0.805. The van der Waals surface area contributed by atoms with Crippen molar-refractivity contribution in [2.45, 2.75) is 58.9 Å². The third-order valence-corrected chi connectivity index (χ3v) is 3.66. The lowest BCUT2D eigenvalue weighted by Crippen LogP contribution is -2.51. The van der Waals surface area contributed by atoms with Gasteiger partial charge in [0.25, 0.3) is 0 Å². The van der Waals surface area contributed by atoms with Gasteiger partial charge in [-0.05, 0) is 25.3 Å². The van der Waals surface area contributed by atoms with Crippen LogP contribution in [-0.4, -0.2) is 18.6 Å². The van der Waals surface area contributed by atoms with E-state index in [0.29, 0.717) is 0 Å². The highest BCUT2D eigenvalue weighted by molar-refractivity contribution is 4.86. The monoisotopic (exact) mass is 200 g/mol. The number of hydrogen-bond donors (Lipinski definition) is 2. The van der Waals surface area contributed by atoms with Gasteiger partial charge in [-0.25, -0.2) is 0 Å². The van der Waals surface area contributed by atoms with Crippen molar-refractivity contribution < 1.29 is 0 Å². The van der Waals surface area contributed by atoms with E-state index in [1.165, 1.54) is 12.8 Å². The first kappa shape index (κ1) is 13.9. The summed E-state index contributed by atoms with van der Waals surface area (Å²) in [4.78, 5) is 0. The van der Waals surface area contributed by atoms with Crippen LogP contribution >= 0.6 is 0 Å². The van der Waals surface area contributed by atoms with Gasteiger partial charge >= 0.3 is 0 Å². The average Bonchev–Trinajstić information content (AvgIpc) is 2.26. The Kier molecular flexibility index (Phi) is 7.20. The molecule has 0 spiro atoms. The molecule has 0 aliphatic rings. The molecule has 0 unspecified atom stereocenters. The Balaban J connectivity index is 4.04. The highest BCUT2D eigenvalue weighted by Gasteiger charge is 2.23. The molecular weight excluding hydrogens is 172 g/mol. The van der Waals surface area contributed by atoms with E-state index in [1.807, 2.05) is 0 Å². The maximum Gasteiger partial charge on any atom is 0.0298 e. The molecule has 2 nitrogen and oxygen atoms in total. The molecule has 0 aliphatic heterocycles. The molecule has 0 bridgehead atoms. The summed E-state index contributed by atoms with van der Waals surface area (Å²) in [6.45, 7) is 10.8. The molecule has 86 valence electrons. The molecule has 2 heteroatoms. The van der Waals surface area contributed by atoms with Crippen LogP contribution < -0.4 is 11.1 Å². The van der Waals surface area contributed by atoms with Crippen molar-refractivity contribution in [1.29, 1.82) is 0 Å². The Morgan fingerprint density at radius 2 is 1.57 bits per heavy atom. The molecule has 0 aromatic heterocycles. The lowest BCUT2D eigenvalue weighted by molar-refractivity contribution is 0.281. The average molecular weight is 200 g/mol. The van der Waals surface area contributed by atoms with E-state index in [-0.39, 0.29) is 5.54 Å². The second-order valence-electron chi connectivity index (χ2n) is 4.25. The van der Waals surface area contributed by atoms with Crippen molar-refractivity contribution in [2.24, 2.45) is 11.7 Å². The molecule has 0 atom stereocenters. The predicted octanol–water partition coefficient (Wildman–Crippen LogP) is 2.53. The number of nitrogens with two attached hydrogens (primary N) is 1. The summed E-state index contributed by atoms with van der Waals surface area (Å²) in [7, 11) is 0. The van der Waals surface area contributed by atoms with E-state index in [4.69, 9.17) is 5.73 Å². The fourth-order valence-corrected chi connectivity index (χ4v) is 1.80. The maximum absolute atomic E-state index is 5.84. The third kappa shape index (κ3) is 3.97. The van der Waals surface area contributed by atoms with E-state index >= 15 is 0 Å². The SMILES string of the molecule is CCC(CC)CNC(CC)(CC)CN. The molecular formula is C12H28N2. The second-order valence-corrected chi connectivity index (χ2v) is 4.25. The smallest absolute Gasteiger partial charge is 0.0298 e. The summed E-state index contributed by atoms with van der Waals surface area (Å²) < 4.78 is 0. The van der Waals surface area contributed by atoms with Crippen LogP contribution in [0.25, 0.3) is 0 Å². The van der Waals surface area contributed by atoms with Crippen LogP contribution in [-0.2, 0) is 0 Å². The fourth-order valence-electron chi connectivity index (χ4n) is 1.80. The quantitative estimate of drug-likeness (QED) is 0.632. The van der Waals surface area contributed by atoms with Crippen LogP contribution in [0, 0.1) is 5.92 Å². The van der Waals surface area contributed by atoms with E-state index in [9.17, 15) is 0 Å². The first-order chi connectivity index (χ1) is 6.67. The Bertz CT molecular complexity index is 118. The molecule has 0 amide bonds. The van der Waals surface area contributed by atoms with Crippen LogP contribution in [0.3, 0.4) is 0 Å². The first-order valence-electron chi connectivity index (χ1n) is 6.13. The van der Waals surface area contributed by atoms with E-state index in [1.54, 1.807) is 0 Å². The summed E-state index contributed by atoms with van der Waals surface area (Å²) in [5.41, 5.74) is 6.02. The highest BCUT2D eigenvalue weighted by atomic mass is 15.0. The van der Waals surface area contributed by atoms with E-state index < -0.39 is 0 Å². The standard InChI is InChI=1S/C12H28N2/c1-5-11(6-2)9-14-12(7-3,8-4)10-13/h11,14H,5-10,13H2,1-4H3. The van der Waals surface area contributed by atoms with Crippen LogP contribution in [0.1, 0.15) is 53.4 Å². The van der Waals surface area contributed by atoms with Gasteiger partial charge in [-0.15, -0.1) is 0 Å². The van der Waals surface area contributed by atoms with Crippen LogP contribution in [0.15, 0.2) is 0 Å². The topological polar surface area (TPSA) is 38.0 Å². The van der Waals surface area contributed by atoms with Gasteiger partial charge in [0.2, 0.25) is 0 Å². The van der Waals surface area contributed by atoms with Crippen molar-refractivity contribution in [1.82, 2.24) is 5.32 Å². The molecule has 0 radical (unpaired) electrons. The Labute approximate surface area is 89.6 Å². The Morgan fingerprint density at radius 3 is 1.86 bits per heavy atom. The van der Waals surface area contributed by atoms with Gasteiger partial charge in [-0.3, -0.25) is 0 Å². The van der Waals surface area contributed by atoms with Crippen LogP contribution in [0.2, 0.25) is 0 Å². The van der Waals surface area contributed by atoms with Crippen molar-refractivity contribution in [3.05, 3.63) is 0 Å². The van der Waals surface area contributed by atoms with Crippen LogP contribution in [0.4, 0.5) is 0 Å². The number of rotatable bonds is 8. The van der Waals surface area contributed by atoms with Gasteiger partial charge in [0.1, 0.15) is 0 Å². The number of hydrogen-bond acceptors (Lipinski definition) is 2. The highest BCUT2D eigenvalue weighted by Crippen LogP contribution is 2.15. The molecule has 0 fully saturated rings. The van der Waals surface area contributed by atoms with Gasteiger partial charge in [-0.1, -0.05) is 40.5 Å². The summed E-state index contributed by atoms with van der Waals surface area (Å²) in [6, 6.07) is 0. The zero-order chi connectivity index (χ0) is 11.0. The molecule has 0 aliphatic carbocycles. The Hall–Kier alpha value is -0.0800. The second kappa shape index (κ2) is 7.24. The van der Waals surface area contributed by atoms with Crippen molar-refractivity contribution in [3.63, 3.8) is 0 Å². The zero-order valence-electron chi connectivity index (χ0n) is 10.4.